The molecule has 0 aliphatic heterocycles. The van der Waals surface area contributed by atoms with Gasteiger partial charge in [0.25, 0.3) is 0 Å². The quantitative estimate of drug-likeness (QED) is 0.847. The first-order valence-electron chi connectivity index (χ1n) is 5.55. The van der Waals surface area contributed by atoms with Gasteiger partial charge in [0.2, 0.25) is 11.9 Å². The Bertz CT molecular complexity index is 500. The SMILES string of the molecule is CCN(Cc1ccco1)c1nc(N)nc(OC)n1. The molecule has 18 heavy (non-hydrogen) atoms. The van der Waals surface area contributed by atoms with Crippen LogP contribution in [0.3, 0.4) is 0 Å². The number of nitrogens with zero attached hydrogens (tertiary/aromatic N) is 4. The molecular formula is C11H15N5O2. The Hall–Kier alpha value is -2.31. The van der Waals surface area contributed by atoms with Gasteiger partial charge in [-0.2, -0.15) is 15.0 Å². The zero-order valence-electron chi connectivity index (χ0n) is 10.3. The second-order valence-electron chi connectivity index (χ2n) is 3.57. The van der Waals surface area contributed by atoms with Crippen LogP contribution < -0.4 is 15.4 Å². The molecule has 2 N–H and O–H groups in total. The number of nitrogen functional groups attached to an aromatic ring is 1. The zero-order valence-corrected chi connectivity index (χ0v) is 10.3. The van der Waals surface area contributed by atoms with Crippen LogP contribution >= 0.6 is 0 Å². The highest BCUT2D eigenvalue weighted by Gasteiger charge is 2.13. The van der Waals surface area contributed by atoms with Gasteiger partial charge in [0.1, 0.15) is 5.76 Å². The number of ether oxygens (including phenoxy) is 1. The molecule has 2 aromatic heterocycles. The van der Waals surface area contributed by atoms with Gasteiger partial charge in [-0.15, -0.1) is 0 Å². The average molecular weight is 249 g/mol. The van der Waals surface area contributed by atoms with Crippen molar-refractivity contribution in [1.82, 2.24) is 15.0 Å². The number of methoxy groups -OCH3 is 1. The number of anilines is 2. The van der Waals surface area contributed by atoms with E-state index >= 15 is 0 Å². The van der Waals surface area contributed by atoms with E-state index in [9.17, 15) is 0 Å². The number of hydrogen-bond acceptors (Lipinski definition) is 7. The molecule has 0 aliphatic carbocycles. The van der Waals surface area contributed by atoms with Gasteiger partial charge in [0.05, 0.1) is 19.9 Å². The van der Waals surface area contributed by atoms with E-state index in [2.05, 4.69) is 15.0 Å². The minimum atomic E-state index is 0.134. The molecule has 0 aromatic carbocycles. The monoisotopic (exact) mass is 249 g/mol. The Balaban J connectivity index is 2.24. The minimum Gasteiger partial charge on any atom is -0.467 e. The molecule has 0 amide bonds. The van der Waals surface area contributed by atoms with Gasteiger partial charge < -0.3 is 19.8 Å². The summed E-state index contributed by atoms with van der Waals surface area (Å²) in [7, 11) is 1.49. The fourth-order valence-corrected chi connectivity index (χ4v) is 1.51. The van der Waals surface area contributed by atoms with Crippen LogP contribution in [0.2, 0.25) is 0 Å². The van der Waals surface area contributed by atoms with E-state index in [1.165, 1.54) is 7.11 Å². The topological polar surface area (TPSA) is 90.3 Å². The van der Waals surface area contributed by atoms with Crippen LogP contribution in [0.1, 0.15) is 12.7 Å². The minimum absolute atomic E-state index is 0.134. The van der Waals surface area contributed by atoms with Crippen LogP contribution in [0, 0.1) is 0 Å². The van der Waals surface area contributed by atoms with E-state index in [4.69, 9.17) is 14.9 Å². The van der Waals surface area contributed by atoms with Gasteiger partial charge in [-0.3, -0.25) is 0 Å². The molecule has 0 saturated heterocycles. The van der Waals surface area contributed by atoms with E-state index in [-0.39, 0.29) is 12.0 Å². The Morgan fingerprint density at radius 1 is 1.39 bits per heavy atom. The molecule has 7 nitrogen and oxygen atoms in total. The molecule has 0 atom stereocenters. The Kier molecular flexibility index (Phi) is 3.61. The highest BCUT2D eigenvalue weighted by Crippen LogP contribution is 2.15. The van der Waals surface area contributed by atoms with Crippen molar-refractivity contribution in [3.8, 4) is 6.01 Å². The summed E-state index contributed by atoms with van der Waals surface area (Å²) in [6.45, 7) is 3.28. The maximum atomic E-state index is 5.61. The largest absolute Gasteiger partial charge is 0.467 e. The van der Waals surface area contributed by atoms with Crippen molar-refractivity contribution in [3.05, 3.63) is 24.2 Å². The molecule has 0 fully saturated rings. The standard InChI is InChI=1S/C11H15N5O2/c1-3-16(7-8-5-4-6-18-8)10-13-9(12)14-11(15-10)17-2/h4-6H,3,7H2,1-2H3,(H2,12,13,14,15). The van der Waals surface area contributed by atoms with Crippen LogP contribution in [0.5, 0.6) is 6.01 Å². The van der Waals surface area contributed by atoms with Crippen LogP contribution in [-0.2, 0) is 6.54 Å². The van der Waals surface area contributed by atoms with Gasteiger partial charge >= 0.3 is 6.01 Å². The highest BCUT2D eigenvalue weighted by atomic mass is 16.5. The first-order chi connectivity index (χ1) is 8.72. The lowest BCUT2D eigenvalue weighted by molar-refractivity contribution is 0.378. The molecule has 0 radical (unpaired) electrons. The van der Waals surface area contributed by atoms with Crippen molar-refractivity contribution in [3.63, 3.8) is 0 Å². The number of hydrogen-bond donors (Lipinski definition) is 1. The molecule has 2 heterocycles. The van der Waals surface area contributed by atoms with E-state index in [1.54, 1.807) is 6.26 Å². The third-order valence-electron chi connectivity index (χ3n) is 2.39. The molecule has 2 rings (SSSR count). The van der Waals surface area contributed by atoms with Crippen molar-refractivity contribution in [2.24, 2.45) is 0 Å². The summed E-state index contributed by atoms with van der Waals surface area (Å²) < 4.78 is 10.3. The van der Waals surface area contributed by atoms with Gasteiger partial charge in [0, 0.05) is 6.54 Å². The molecule has 0 unspecified atom stereocenters. The van der Waals surface area contributed by atoms with Crippen molar-refractivity contribution in [2.75, 3.05) is 24.3 Å². The molecule has 96 valence electrons. The van der Waals surface area contributed by atoms with Crippen molar-refractivity contribution >= 4 is 11.9 Å². The van der Waals surface area contributed by atoms with E-state index in [1.807, 2.05) is 24.0 Å². The van der Waals surface area contributed by atoms with Crippen LogP contribution in [0.4, 0.5) is 11.9 Å². The summed E-state index contributed by atoms with van der Waals surface area (Å²) in [4.78, 5) is 14.0. The van der Waals surface area contributed by atoms with Crippen molar-refractivity contribution in [2.45, 2.75) is 13.5 Å². The fourth-order valence-electron chi connectivity index (χ4n) is 1.51. The lowest BCUT2D eigenvalue weighted by Gasteiger charge is -2.19. The molecular weight excluding hydrogens is 234 g/mol. The molecule has 0 aliphatic rings. The van der Waals surface area contributed by atoms with Gasteiger partial charge in [-0.25, -0.2) is 0 Å². The molecule has 0 saturated carbocycles. The van der Waals surface area contributed by atoms with Crippen molar-refractivity contribution < 1.29 is 9.15 Å². The van der Waals surface area contributed by atoms with E-state index < -0.39 is 0 Å². The van der Waals surface area contributed by atoms with Gasteiger partial charge in [-0.05, 0) is 19.1 Å². The first-order valence-corrected chi connectivity index (χ1v) is 5.55. The Morgan fingerprint density at radius 3 is 2.83 bits per heavy atom. The summed E-state index contributed by atoms with van der Waals surface area (Å²) in [5.74, 6) is 1.43. The molecule has 0 bridgehead atoms. The normalized spacial score (nSPS) is 10.3. The van der Waals surface area contributed by atoms with Gasteiger partial charge in [-0.1, -0.05) is 0 Å². The number of aromatic nitrogens is 3. The van der Waals surface area contributed by atoms with Crippen molar-refractivity contribution in [1.29, 1.82) is 0 Å². The second-order valence-corrected chi connectivity index (χ2v) is 3.57. The summed E-state index contributed by atoms with van der Waals surface area (Å²) in [5.41, 5.74) is 5.61. The predicted octanol–water partition coefficient (Wildman–Crippen LogP) is 1.08. The summed E-state index contributed by atoms with van der Waals surface area (Å²) in [5, 5.41) is 0. The lowest BCUT2D eigenvalue weighted by Crippen LogP contribution is -2.24. The smallest absolute Gasteiger partial charge is 0.322 e. The first kappa shape index (κ1) is 12.2. The number of rotatable bonds is 5. The third-order valence-corrected chi connectivity index (χ3v) is 2.39. The highest BCUT2D eigenvalue weighted by molar-refractivity contribution is 5.36. The fraction of sp³-hybridized carbons (Fsp3) is 0.364. The Labute approximate surface area is 105 Å². The van der Waals surface area contributed by atoms with Gasteiger partial charge in [0.15, 0.2) is 0 Å². The molecule has 7 heteroatoms. The average Bonchev–Trinajstić information content (AvgIpc) is 2.88. The van der Waals surface area contributed by atoms with Crippen LogP contribution in [0.15, 0.2) is 22.8 Å². The summed E-state index contributed by atoms with van der Waals surface area (Å²) in [6.07, 6.45) is 1.63. The zero-order chi connectivity index (χ0) is 13.0. The van der Waals surface area contributed by atoms with Crippen LogP contribution in [0.25, 0.3) is 0 Å². The summed E-state index contributed by atoms with van der Waals surface area (Å²) in [6, 6.07) is 3.94. The number of nitrogens with two attached hydrogens (primary N) is 1. The van der Waals surface area contributed by atoms with E-state index in [0.717, 1.165) is 5.76 Å². The van der Waals surface area contributed by atoms with Crippen LogP contribution in [-0.4, -0.2) is 28.6 Å². The molecule has 0 spiro atoms. The lowest BCUT2D eigenvalue weighted by atomic mass is 10.4. The van der Waals surface area contributed by atoms with E-state index in [0.29, 0.717) is 19.0 Å². The maximum absolute atomic E-state index is 5.61. The predicted molar refractivity (Wildman–Crippen MR) is 66.2 cm³/mol. The maximum Gasteiger partial charge on any atom is 0.322 e. The summed E-state index contributed by atoms with van der Waals surface area (Å²) >= 11 is 0. The Morgan fingerprint density at radius 2 is 2.22 bits per heavy atom. The molecule has 2 aromatic rings. The second kappa shape index (κ2) is 5.35. The third kappa shape index (κ3) is 2.68. The number of furan rings is 1.